The summed E-state index contributed by atoms with van der Waals surface area (Å²) in [5.41, 5.74) is 9.44. The molecule has 0 spiro atoms. The molecule has 0 atom stereocenters. The van der Waals surface area contributed by atoms with Gasteiger partial charge in [-0.05, 0) is 55.2 Å². The number of hydrogen-bond acceptors (Lipinski definition) is 2. The maximum absolute atomic E-state index is 12.8. The fraction of sp³-hybridized carbons (Fsp3) is 0.292. The van der Waals surface area contributed by atoms with Gasteiger partial charge in [-0.2, -0.15) is 0 Å². The molecule has 0 radical (unpaired) electrons. The van der Waals surface area contributed by atoms with E-state index in [-0.39, 0.29) is 5.75 Å². The van der Waals surface area contributed by atoms with Crippen LogP contribution >= 0.6 is 11.6 Å². The molecule has 8 heteroatoms. The summed E-state index contributed by atoms with van der Waals surface area (Å²) in [7, 11) is 0. The van der Waals surface area contributed by atoms with Crippen LogP contribution in [0.15, 0.2) is 48.5 Å². The van der Waals surface area contributed by atoms with E-state index in [0.29, 0.717) is 40.4 Å². The highest BCUT2D eigenvalue weighted by atomic mass is 35.5. The van der Waals surface area contributed by atoms with Gasteiger partial charge in [0.2, 0.25) is 0 Å². The summed E-state index contributed by atoms with van der Waals surface area (Å²) < 4.78 is 44.4. The molecule has 1 aromatic heterocycles. The number of nitrogens with two attached hydrogens (primary N) is 1. The van der Waals surface area contributed by atoms with E-state index in [1.807, 2.05) is 29.7 Å². The van der Waals surface area contributed by atoms with E-state index in [2.05, 4.69) is 4.74 Å². The minimum absolute atomic E-state index is 0.294. The molecule has 2 aromatic carbocycles. The lowest BCUT2D eigenvalue weighted by molar-refractivity contribution is -0.274. The number of benzene rings is 2. The summed E-state index contributed by atoms with van der Waals surface area (Å²) in [5, 5.41) is 0.592. The molecule has 4 nitrogen and oxygen atoms in total. The highest BCUT2D eigenvalue weighted by molar-refractivity contribution is 6.30. The first-order valence-corrected chi connectivity index (χ1v) is 10.6. The Hall–Kier alpha value is -2.93. The standard InChI is InChI=1S/C24H24ClF3N2O2/c1-3-4-11-20-22(17-8-6-10-19(13-17)32-24(26,27)28)21(23(29)31)15(2)30(20)14-16-7-5-9-18(25)12-16/h5-10,12-13H,3-4,11,14H2,1-2H3,(H2,29,31). The lowest BCUT2D eigenvalue weighted by Crippen LogP contribution is -2.17. The number of primary amides is 1. The van der Waals surface area contributed by atoms with Gasteiger partial charge in [-0.15, -0.1) is 13.2 Å². The molecule has 0 aliphatic heterocycles. The Bertz CT molecular complexity index is 1120. The van der Waals surface area contributed by atoms with E-state index in [4.69, 9.17) is 17.3 Å². The molecule has 0 unspecified atom stereocenters. The van der Waals surface area contributed by atoms with Crippen molar-refractivity contribution in [3.05, 3.63) is 76.1 Å². The zero-order valence-electron chi connectivity index (χ0n) is 17.8. The lowest BCUT2D eigenvalue weighted by Gasteiger charge is -2.14. The second-order valence-corrected chi connectivity index (χ2v) is 7.98. The maximum atomic E-state index is 12.8. The van der Waals surface area contributed by atoms with E-state index >= 15 is 0 Å². The fourth-order valence-electron chi connectivity index (χ4n) is 3.89. The van der Waals surface area contributed by atoms with Crippen molar-refractivity contribution < 1.29 is 22.7 Å². The number of rotatable bonds is 8. The predicted molar refractivity (Wildman–Crippen MR) is 119 cm³/mol. The quantitative estimate of drug-likeness (QED) is 0.413. The summed E-state index contributed by atoms with van der Waals surface area (Å²) in [6.07, 6.45) is -2.44. The predicted octanol–water partition coefficient (Wildman–Crippen LogP) is 6.51. The summed E-state index contributed by atoms with van der Waals surface area (Å²) >= 11 is 6.14. The Morgan fingerprint density at radius 1 is 1.16 bits per heavy atom. The highest BCUT2D eigenvalue weighted by Gasteiger charge is 2.31. The number of ether oxygens (including phenoxy) is 1. The van der Waals surface area contributed by atoms with Crippen molar-refractivity contribution in [2.45, 2.75) is 46.0 Å². The van der Waals surface area contributed by atoms with Crippen molar-refractivity contribution in [1.29, 1.82) is 0 Å². The average molecular weight is 465 g/mol. The molecule has 170 valence electrons. The second kappa shape index (κ2) is 9.69. The lowest BCUT2D eigenvalue weighted by atomic mass is 9.97. The topological polar surface area (TPSA) is 57.2 Å². The Labute approximate surface area is 189 Å². The third-order valence-corrected chi connectivity index (χ3v) is 5.47. The van der Waals surface area contributed by atoms with E-state index in [9.17, 15) is 18.0 Å². The van der Waals surface area contributed by atoms with Crippen molar-refractivity contribution in [3.8, 4) is 16.9 Å². The number of unbranched alkanes of at least 4 members (excludes halogenated alkanes) is 1. The number of halogens is 4. The molecule has 0 fully saturated rings. The fourth-order valence-corrected chi connectivity index (χ4v) is 4.11. The highest BCUT2D eigenvalue weighted by Crippen LogP contribution is 2.36. The molecule has 0 bridgehead atoms. The van der Waals surface area contributed by atoms with Crippen LogP contribution in [0.1, 0.15) is 47.1 Å². The molecule has 0 saturated heterocycles. The molecular weight excluding hydrogens is 441 g/mol. The number of aromatic nitrogens is 1. The van der Waals surface area contributed by atoms with E-state index in [0.717, 1.165) is 24.1 Å². The minimum Gasteiger partial charge on any atom is -0.406 e. The van der Waals surface area contributed by atoms with Gasteiger partial charge >= 0.3 is 6.36 Å². The smallest absolute Gasteiger partial charge is 0.406 e. The first kappa shape index (κ1) is 23.7. The number of nitrogens with zero attached hydrogens (tertiary/aromatic N) is 1. The van der Waals surface area contributed by atoms with Gasteiger partial charge in [0.05, 0.1) is 5.56 Å². The second-order valence-electron chi connectivity index (χ2n) is 7.54. The van der Waals surface area contributed by atoms with Crippen LogP contribution < -0.4 is 10.5 Å². The van der Waals surface area contributed by atoms with Crippen LogP contribution in [0.5, 0.6) is 5.75 Å². The first-order chi connectivity index (χ1) is 15.1. The van der Waals surface area contributed by atoms with Gasteiger partial charge in [0.1, 0.15) is 5.75 Å². The van der Waals surface area contributed by atoms with Crippen LogP contribution in [-0.2, 0) is 13.0 Å². The normalized spacial score (nSPS) is 11.6. The van der Waals surface area contributed by atoms with Crippen LogP contribution in [0.2, 0.25) is 5.02 Å². The largest absolute Gasteiger partial charge is 0.573 e. The molecular formula is C24H24ClF3N2O2. The van der Waals surface area contributed by atoms with Crippen LogP contribution in [0.4, 0.5) is 13.2 Å². The Balaban J connectivity index is 2.20. The molecule has 0 saturated carbocycles. The molecule has 3 aromatic rings. The molecule has 0 aliphatic rings. The Morgan fingerprint density at radius 3 is 2.50 bits per heavy atom. The average Bonchev–Trinajstić information content (AvgIpc) is 2.97. The van der Waals surface area contributed by atoms with Gasteiger partial charge in [0, 0.05) is 28.5 Å². The van der Waals surface area contributed by atoms with Crippen molar-refractivity contribution in [2.24, 2.45) is 5.73 Å². The zero-order chi connectivity index (χ0) is 23.5. The summed E-state index contributed by atoms with van der Waals surface area (Å²) in [6, 6.07) is 13.0. The number of carbonyl (C=O) groups is 1. The summed E-state index contributed by atoms with van der Waals surface area (Å²) in [5.74, 6) is -0.991. The van der Waals surface area contributed by atoms with E-state index in [1.54, 1.807) is 19.1 Å². The number of hydrogen-bond donors (Lipinski definition) is 1. The SMILES string of the molecule is CCCCc1c(-c2cccc(OC(F)(F)F)c2)c(C(N)=O)c(C)n1Cc1cccc(Cl)c1. The maximum Gasteiger partial charge on any atom is 0.573 e. The van der Waals surface area contributed by atoms with Crippen LogP contribution in [-0.4, -0.2) is 16.8 Å². The molecule has 3 rings (SSSR count). The van der Waals surface area contributed by atoms with Crippen molar-refractivity contribution in [3.63, 3.8) is 0 Å². The van der Waals surface area contributed by atoms with Gasteiger partial charge in [0.25, 0.3) is 5.91 Å². The molecule has 2 N–H and O–H groups in total. The van der Waals surface area contributed by atoms with E-state index < -0.39 is 12.3 Å². The Kier molecular flexibility index (Phi) is 7.19. The van der Waals surface area contributed by atoms with Gasteiger partial charge in [-0.25, -0.2) is 0 Å². The van der Waals surface area contributed by atoms with Gasteiger partial charge in [-0.3, -0.25) is 4.79 Å². The third kappa shape index (κ3) is 5.46. The monoisotopic (exact) mass is 464 g/mol. The minimum atomic E-state index is -4.81. The summed E-state index contributed by atoms with van der Waals surface area (Å²) in [6.45, 7) is 4.29. The van der Waals surface area contributed by atoms with Crippen LogP contribution in [0.25, 0.3) is 11.1 Å². The van der Waals surface area contributed by atoms with Gasteiger partial charge in [0.15, 0.2) is 0 Å². The molecule has 0 aliphatic carbocycles. The molecule has 1 amide bonds. The van der Waals surface area contributed by atoms with Crippen molar-refractivity contribution >= 4 is 17.5 Å². The number of amides is 1. The van der Waals surface area contributed by atoms with Gasteiger partial charge < -0.3 is 15.0 Å². The van der Waals surface area contributed by atoms with Crippen molar-refractivity contribution in [2.75, 3.05) is 0 Å². The summed E-state index contributed by atoms with van der Waals surface area (Å²) in [4.78, 5) is 12.5. The van der Waals surface area contributed by atoms with Crippen LogP contribution in [0.3, 0.4) is 0 Å². The van der Waals surface area contributed by atoms with Gasteiger partial charge in [-0.1, -0.05) is 49.2 Å². The zero-order valence-corrected chi connectivity index (χ0v) is 18.6. The first-order valence-electron chi connectivity index (χ1n) is 10.2. The number of alkyl halides is 3. The van der Waals surface area contributed by atoms with Crippen LogP contribution in [0, 0.1) is 6.92 Å². The molecule has 32 heavy (non-hydrogen) atoms. The number of carbonyl (C=O) groups excluding carboxylic acids is 1. The third-order valence-electron chi connectivity index (χ3n) is 5.23. The molecule has 1 heterocycles. The van der Waals surface area contributed by atoms with E-state index in [1.165, 1.54) is 18.2 Å². The Morgan fingerprint density at radius 2 is 1.88 bits per heavy atom. The van der Waals surface area contributed by atoms with Crippen molar-refractivity contribution in [1.82, 2.24) is 4.57 Å².